The van der Waals surface area contributed by atoms with Crippen molar-refractivity contribution in [3.8, 4) is 17.1 Å². The third-order valence-electron chi connectivity index (χ3n) is 5.54. The van der Waals surface area contributed by atoms with Crippen LogP contribution < -0.4 is 10.1 Å². The number of hydrogen-bond donors (Lipinski definition) is 1. The molecular formula is C23H23F3N4O2. The SMILES string of the molecule is Cn1nc(-c2ccccc2)cc1C(=O)NC1CCC(Oc2ccc(C(F)(F)F)cn2)CC1. The number of amides is 1. The van der Waals surface area contributed by atoms with Crippen molar-refractivity contribution in [2.24, 2.45) is 7.05 Å². The Morgan fingerprint density at radius 1 is 1.09 bits per heavy atom. The molecule has 1 N–H and O–H groups in total. The van der Waals surface area contributed by atoms with Crippen LogP contribution in [0.15, 0.2) is 54.7 Å². The first-order valence-electron chi connectivity index (χ1n) is 10.4. The Morgan fingerprint density at radius 2 is 1.81 bits per heavy atom. The monoisotopic (exact) mass is 444 g/mol. The number of carbonyl (C=O) groups excluding carboxylic acids is 1. The lowest BCUT2D eigenvalue weighted by molar-refractivity contribution is -0.137. The van der Waals surface area contributed by atoms with Crippen molar-refractivity contribution < 1.29 is 22.7 Å². The number of hydrogen-bond acceptors (Lipinski definition) is 4. The summed E-state index contributed by atoms with van der Waals surface area (Å²) in [6.45, 7) is 0. The third-order valence-corrected chi connectivity index (χ3v) is 5.54. The van der Waals surface area contributed by atoms with Gasteiger partial charge in [0.05, 0.1) is 11.3 Å². The zero-order valence-electron chi connectivity index (χ0n) is 17.5. The summed E-state index contributed by atoms with van der Waals surface area (Å²) in [5.41, 5.74) is 1.36. The fraction of sp³-hybridized carbons (Fsp3) is 0.348. The van der Waals surface area contributed by atoms with E-state index in [1.165, 1.54) is 6.07 Å². The van der Waals surface area contributed by atoms with Crippen molar-refractivity contribution in [1.29, 1.82) is 0 Å². The molecule has 0 unspecified atom stereocenters. The van der Waals surface area contributed by atoms with E-state index in [1.807, 2.05) is 30.3 Å². The molecule has 0 bridgehead atoms. The number of rotatable bonds is 5. The van der Waals surface area contributed by atoms with E-state index in [9.17, 15) is 18.0 Å². The second-order valence-corrected chi connectivity index (χ2v) is 7.85. The molecule has 3 aromatic rings. The number of halogens is 3. The van der Waals surface area contributed by atoms with Crippen molar-refractivity contribution >= 4 is 5.91 Å². The van der Waals surface area contributed by atoms with E-state index in [4.69, 9.17) is 4.74 Å². The average Bonchev–Trinajstić information content (AvgIpc) is 3.17. The van der Waals surface area contributed by atoms with Crippen LogP contribution in [0.5, 0.6) is 5.88 Å². The Bertz CT molecular complexity index is 1060. The highest BCUT2D eigenvalue weighted by molar-refractivity contribution is 5.93. The highest BCUT2D eigenvalue weighted by Crippen LogP contribution is 2.30. The molecular weight excluding hydrogens is 421 g/mol. The quantitative estimate of drug-likeness (QED) is 0.624. The number of benzene rings is 1. The first kappa shape index (κ1) is 21.9. The molecule has 1 aliphatic rings. The maximum absolute atomic E-state index is 12.8. The first-order valence-corrected chi connectivity index (χ1v) is 10.4. The molecule has 1 aromatic carbocycles. The summed E-state index contributed by atoms with van der Waals surface area (Å²) in [6, 6.07) is 13.6. The van der Waals surface area contributed by atoms with Crippen molar-refractivity contribution in [2.75, 3.05) is 0 Å². The first-order chi connectivity index (χ1) is 15.3. The maximum atomic E-state index is 12.8. The summed E-state index contributed by atoms with van der Waals surface area (Å²) in [5.74, 6) is -0.00947. The van der Waals surface area contributed by atoms with Gasteiger partial charge in [-0.25, -0.2) is 4.98 Å². The van der Waals surface area contributed by atoms with Crippen molar-refractivity contribution in [1.82, 2.24) is 20.1 Å². The lowest BCUT2D eigenvalue weighted by Gasteiger charge is -2.29. The molecule has 1 fully saturated rings. The molecule has 2 heterocycles. The highest BCUT2D eigenvalue weighted by Gasteiger charge is 2.31. The highest BCUT2D eigenvalue weighted by atomic mass is 19.4. The van der Waals surface area contributed by atoms with Gasteiger partial charge in [0.2, 0.25) is 5.88 Å². The van der Waals surface area contributed by atoms with Gasteiger partial charge in [0.25, 0.3) is 5.91 Å². The van der Waals surface area contributed by atoms with E-state index in [-0.39, 0.29) is 23.9 Å². The zero-order valence-corrected chi connectivity index (χ0v) is 17.5. The number of nitrogens with zero attached hydrogens (tertiary/aromatic N) is 3. The minimum Gasteiger partial charge on any atom is -0.474 e. The van der Waals surface area contributed by atoms with Gasteiger partial charge >= 0.3 is 6.18 Å². The van der Waals surface area contributed by atoms with Crippen LogP contribution in [0.2, 0.25) is 0 Å². The van der Waals surface area contributed by atoms with E-state index < -0.39 is 11.7 Å². The van der Waals surface area contributed by atoms with Crippen LogP contribution in [-0.4, -0.2) is 32.8 Å². The molecule has 168 valence electrons. The second kappa shape index (κ2) is 9.02. The Labute approximate surface area is 183 Å². The topological polar surface area (TPSA) is 69.0 Å². The summed E-state index contributed by atoms with van der Waals surface area (Å²) < 4.78 is 45.2. The Kier molecular flexibility index (Phi) is 6.16. The van der Waals surface area contributed by atoms with Gasteiger partial charge in [-0.15, -0.1) is 0 Å². The molecule has 0 aliphatic heterocycles. The van der Waals surface area contributed by atoms with E-state index in [0.29, 0.717) is 31.4 Å². The van der Waals surface area contributed by atoms with Crippen LogP contribution >= 0.6 is 0 Å². The molecule has 0 atom stereocenters. The van der Waals surface area contributed by atoms with Gasteiger partial charge in [-0.05, 0) is 37.8 Å². The molecule has 1 amide bonds. The van der Waals surface area contributed by atoms with Gasteiger partial charge < -0.3 is 10.1 Å². The largest absolute Gasteiger partial charge is 0.474 e. The molecule has 6 nitrogen and oxygen atoms in total. The smallest absolute Gasteiger partial charge is 0.417 e. The summed E-state index contributed by atoms with van der Waals surface area (Å²) in [5, 5.41) is 7.49. The molecule has 0 radical (unpaired) electrons. The van der Waals surface area contributed by atoms with Crippen LogP contribution in [0.3, 0.4) is 0 Å². The molecule has 1 saturated carbocycles. The standard InChI is InChI=1S/C23H23F3N4O2/c1-30-20(13-19(29-30)15-5-3-2-4-6-15)22(31)28-17-8-10-18(11-9-17)32-21-12-7-16(14-27-21)23(24,25)26/h2-7,12-14,17-18H,8-11H2,1H3,(H,28,31). The van der Waals surface area contributed by atoms with Crippen molar-refractivity contribution in [2.45, 2.75) is 44.0 Å². The summed E-state index contributed by atoms with van der Waals surface area (Å²) in [7, 11) is 1.74. The Hall–Kier alpha value is -3.36. The number of nitrogens with one attached hydrogen (secondary N) is 1. The molecule has 0 saturated heterocycles. The molecule has 0 spiro atoms. The predicted octanol–water partition coefficient (Wildman–Crippen LogP) is 4.62. The molecule has 32 heavy (non-hydrogen) atoms. The molecule has 2 aromatic heterocycles. The number of aromatic nitrogens is 3. The molecule has 1 aliphatic carbocycles. The van der Waals surface area contributed by atoms with Gasteiger partial charge in [-0.2, -0.15) is 18.3 Å². The minimum atomic E-state index is -4.42. The Morgan fingerprint density at radius 3 is 2.44 bits per heavy atom. The third kappa shape index (κ3) is 5.09. The number of pyridine rings is 1. The zero-order chi connectivity index (χ0) is 22.7. The fourth-order valence-electron chi connectivity index (χ4n) is 3.80. The summed E-state index contributed by atoms with van der Waals surface area (Å²) in [6.07, 6.45) is -1.02. The van der Waals surface area contributed by atoms with E-state index in [2.05, 4.69) is 15.4 Å². The summed E-state index contributed by atoms with van der Waals surface area (Å²) in [4.78, 5) is 16.5. The van der Waals surface area contributed by atoms with Crippen LogP contribution in [0, 0.1) is 0 Å². The van der Waals surface area contributed by atoms with Gasteiger partial charge in [-0.1, -0.05) is 30.3 Å². The van der Waals surface area contributed by atoms with Gasteiger partial charge in [-0.3, -0.25) is 9.48 Å². The fourth-order valence-corrected chi connectivity index (χ4v) is 3.80. The van der Waals surface area contributed by atoms with Crippen LogP contribution in [0.4, 0.5) is 13.2 Å². The van der Waals surface area contributed by atoms with Crippen LogP contribution in [0.25, 0.3) is 11.3 Å². The maximum Gasteiger partial charge on any atom is 0.417 e. The number of alkyl halides is 3. The molecule has 9 heteroatoms. The van der Waals surface area contributed by atoms with Gasteiger partial charge in [0.15, 0.2) is 0 Å². The van der Waals surface area contributed by atoms with E-state index in [0.717, 1.165) is 23.5 Å². The molecule has 4 rings (SSSR count). The van der Waals surface area contributed by atoms with Crippen LogP contribution in [-0.2, 0) is 13.2 Å². The summed E-state index contributed by atoms with van der Waals surface area (Å²) >= 11 is 0. The second-order valence-electron chi connectivity index (χ2n) is 7.85. The Balaban J connectivity index is 1.30. The average molecular weight is 444 g/mol. The number of carbonyl (C=O) groups is 1. The lowest BCUT2D eigenvalue weighted by Crippen LogP contribution is -2.40. The lowest BCUT2D eigenvalue weighted by atomic mass is 9.93. The number of aryl methyl sites for hydroxylation is 1. The van der Waals surface area contributed by atoms with Crippen LogP contribution in [0.1, 0.15) is 41.7 Å². The van der Waals surface area contributed by atoms with Gasteiger partial charge in [0, 0.05) is 30.9 Å². The van der Waals surface area contributed by atoms with Crippen molar-refractivity contribution in [3.63, 3.8) is 0 Å². The predicted molar refractivity (Wildman–Crippen MR) is 112 cm³/mol. The normalized spacial score (nSPS) is 18.9. The van der Waals surface area contributed by atoms with Crippen molar-refractivity contribution in [3.05, 3.63) is 66.0 Å². The number of ether oxygens (including phenoxy) is 1. The van der Waals surface area contributed by atoms with E-state index >= 15 is 0 Å². The van der Waals surface area contributed by atoms with Gasteiger partial charge in [0.1, 0.15) is 11.8 Å². The van der Waals surface area contributed by atoms with E-state index in [1.54, 1.807) is 17.8 Å². The minimum absolute atomic E-state index is 0.00186.